The summed E-state index contributed by atoms with van der Waals surface area (Å²) >= 11 is 12.1. The molecular weight excluding hydrogens is 382 g/mol. The molecule has 136 valence electrons. The molecule has 8 heteroatoms. The van der Waals surface area contributed by atoms with E-state index in [0.29, 0.717) is 16.5 Å². The van der Waals surface area contributed by atoms with Crippen LogP contribution in [0.5, 0.6) is 5.75 Å². The molecule has 0 aromatic heterocycles. The number of methoxy groups -OCH3 is 1. The van der Waals surface area contributed by atoms with E-state index in [-0.39, 0.29) is 30.2 Å². The third kappa shape index (κ3) is 3.48. The molecule has 1 saturated heterocycles. The Balaban J connectivity index is 1.79. The van der Waals surface area contributed by atoms with E-state index in [9.17, 15) is 14.0 Å². The zero-order chi connectivity index (χ0) is 18.8. The lowest BCUT2D eigenvalue weighted by molar-refractivity contribution is -0.146. The predicted molar refractivity (Wildman–Crippen MR) is 97.2 cm³/mol. The van der Waals surface area contributed by atoms with Gasteiger partial charge in [0.2, 0.25) is 0 Å². The minimum absolute atomic E-state index is 0.0622. The Morgan fingerprint density at radius 3 is 2.50 bits per heavy atom. The summed E-state index contributed by atoms with van der Waals surface area (Å²) in [5, 5.41) is 0.556. The number of carbonyl (C=O) groups is 2. The molecule has 5 nitrogen and oxygen atoms in total. The van der Waals surface area contributed by atoms with Gasteiger partial charge in [-0.1, -0.05) is 29.3 Å². The van der Waals surface area contributed by atoms with Crippen molar-refractivity contribution < 1.29 is 18.7 Å². The first-order valence-electron chi connectivity index (χ1n) is 7.79. The smallest absolute Gasteiger partial charge is 0.316 e. The second kappa shape index (κ2) is 7.51. The van der Waals surface area contributed by atoms with Crippen molar-refractivity contribution >= 4 is 40.7 Å². The van der Waals surface area contributed by atoms with Gasteiger partial charge in [0.05, 0.1) is 18.7 Å². The number of carbonyl (C=O) groups excluding carboxylic acids is 2. The minimum Gasteiger partial charge on any atom is -0.495 e. The highest BCUT2D eigenvalue weighted by molar-refractivity contribution is 6.41. The largest absolute Gasteiger partial charge is 0.495 e. The molecule has 0 saturated carbocycles. The molecule has 0 bridgehead atoms. The zero-order valence-electron chi connectivity index (χ0n) is 13.8. The van der Waals surface area contributed by atoms with Crippen LogP contribution in [0.2, 0.25) is 10.0 Å². The molecule has 0 atom stereocenters. The Hall–Kier alpha value is -2.31. The highest BCUT2D eigenvalue weighted by Crippen LogP contribution is 2.30. The number of hydrogen-bond acceptors (Lipinski definition) is 3. The first-order chi connectivity index (χ1) is 12.4. The summed E-state index contributed by atoms with van der Waals surface area (Å²) in [7, 11) is 1.49. The molecule has 26 heavy (non-hydrogen) atoms. The standard InChI is InChI=1S/C18H15Cl2FN2O3/c1-26-16-6-5-11(9-14(16)20)23-8-7-22(17(24)18(23)25)10-12-13(19)3-2-4-15(12)21/h2-6,9H,7-8,10H2,1H3. The molecule has 3 rings (SSSR count). The van der Waals surface area contributed by atoms with Gasteiger partial charge in [-0.15, -0.1) is 0 Å². The maximum Gasteiger partial charge on any atom is 0.316 e. The van der Waals surface area contributed by atoms with Crippen LogP contribution in [0.25, 0.3) is 0 Å². The third-order valence-electron chi connectivity index (χ3n) is 4.17. The van der Waals surface area contributed by atoms with E-state index in [0.717, 1.165) is 0 Å². The molecule has 1 heterocycles. The molecule has 2 aromatic rings. The summed E-state index contributed by atoms with van der Waals surface area (Å²) in [6.45, 7) is 0.450. The maximum absolute atomic E-state index is 13.9. The molecule has 2 amide bonds. The molecule has 0 aliphatic carbocycles. The highest BCUT2D eigenvalue weighted by atomic mass is 35.5. The summed E-state index contributed by atoms with van der Waals surface area (Å²) in [6, 6.07) is 9.14. The topological polar surface area (TPSA) is 49.9 Å². The van der Waals surface area contributed by atoms with Crippen LogP contribution in [0.1, 0.15) is 5.56 Å². The Morgan fingerprint density at radius 2 is 1.85 bits per heavy atom. The average Bonchev–Trinajstić information content (AvgIpc) is 2.62. The van der Waals surface area contributed by atoms with Gasteiger partial charge in [-0.05, 0) is 30.3 Å². The van der Waals surface area contributed by atoms with Crippen molar-refractivity contribution in [2.75, 3.05) is 25.1 Å². The van der Waals surface area contributed by atoms with E-state index in [1.165, 1.54) is 29.0 Å². The normalized spacial score (nSPS) is 14.8. The number of ether oxygens (including phenoxy) is 1. The Kier molecular flexibility index (Phi) is 5.34. The SMILES string of the molecule is COc1ccc(N2CCN(Cc3c(F)cccc3Cl)C(=O)C2=O)cc1Cl. The molecular formula is C18H15Cl2FN2O3. The van der Waals surface area contributed by atoms with Crippen LogP contribution in [-0.4, -0.2) is 36.9 Å². The summed E-state index contributed by atoms with van der Waals surface area (Å²) in [5.41, 5.74) is 0.689. The second-order valence-electron chi connectivity index (χ2n) is 5.70. The van der Waals surface area contributed by atoms with Crippen molar-refractivity contribution in [1.29, 1.82) is 0 Å². The fourth-order valence-electron chi connectivity index (χ4n) is 2.77. The fourth-order valence-corrected chi connectivity index (χ4v) is 3.24. The van der Waals surface area contributed by atoms with Gasteiger partial charge in [0, 0.05) is 29.4 Å². The zero-order valence-corrected chi connectivity index (χ0v) is 15.4. The Morgan fingerprint density at radius 1 is 1.08 bits per heavy atom. The van der Waals surface area contributed by atoms with Gasteiger partial charge in [-0.25, -0.2) is 4.39 Å². The molecule has 0 spiro atoms. The summed E-state index contributed by atoms with van der Waals surface area (Å²) in [6.07, 6.45) is 0. The molecule has 0 N–H and O–H groups in total. The molecule has 1 fully saturated rings. The fraction of sp³-hybridized carbons (Fsp3) is 0.222. The lowest BCUT2D eigenvalue weighted by Gasteiger charge is -2.34. The van der Waals surface area contributed by atoms with E-state index in [1.54, 1.807) is 24.3 Å². The monoisotopic (exact) mass is 396 g/mol. The Labute approximate surface area is 159 Å². The van der Waals surface area contributed by atoms with Gasteiger partial charge in [0.15, 0.2) is 0 Å². The van der Waals surface area contributed by atoms with Crippen LogP contribution in [0.4, 0.5) is 10.1 Å². The van der Waals surface area contributed by atoms with Crippen LogP contribution in [0.15, 0.2) is 36.4 Å². The van der Waals surface area contributed by atoms with Crippen LogP contribution < -0.4 is 9.64 Å². The van der Waals surface area contributed by atoms with Gasteiger partial charge >= 0.3 is 11.8 Å². The molecule has 0 radical (unpaired) electrons. The van der Waals surface area contributed by atoms with E-state index in [1.807, 2.05) is 0 Å². The molecule has 2 aromatic carbocycles. The highest BCUT2D eigenvalue weighted by Gasteiger charge is 2.34. The number of hydrogen-bond donors (Lipinski definition) is 0. The Bertz CT molecular complexity index is 855. The van der Waals surface area contributed by atoms with Crippen LogP contribution in [-0.2, 0) is 16.1 Å². The minimum atomic E-state index is -0.720. The summed E-state index contributed by atoms with van der Waals surface area (Å²) in [5.74, 6) is -1.46. The average molecular weight is 397 g/mol. The first kappa shape index (κ1) is 18.5. The van der Waals surface area contributed by atoms with E-state index >= 15 is 0 Å². The molecule has 1 aliphatic heterocycles. The maximum atomic E-state index is 13.9. The summed E-state index contributed by atoms with van der Waals surface area (Å²) in [4.78, 5) is 27.6. The number of piperazine rings is 1. The van der Waals surface area contributed by atoms with E-state index in [2.05, 4.69) is 0 Å². The van der Waals surface area contributed by atoms with Crippen molar-refractivity contribution in [2.24, 2.45) is 0 Å². The number of halogens is 3. The number of anilines is 1. The van der Waals surface area contributed by atoms with Crippen LogP contribution >= 0.6 is 23.2 Å². The van der Waals surface area contributed by atoms with Crippen LogP contribution in [0.3, 0.4) is 0 Å². The number of amides is 2. The summed E-state index contributed by atoms with van der Waals surface area (Å²) < 4.78 is 19.0. The molecule has 0 unspecified atom stereocenters. The van der Waals surface area contributed by atoms with Crippen molar-refractivity contribution in [3.63, 3.8) is 0 Å². The van der Waals surface area contributed by atoms with E-state index < -0.39 is 17.6 Å². The van der Waals surface area contributed by atoms with Gasteiger partial charge in [0.25, 0.3) is 0 Å². The van der Waals surface area contributed by atoms with Gasteiger partial charge in [-0.3, -0.25) is 9.59 Å². The lowest BCUT2D eigenvalue weighted by atomic mass is 10.1. The van der Waals surface area contributed by atoms with Gasteiger partial charge in [0.1, 0.15) is 11.6 Å². The van der Waals surface area contributed by atoms with Gasteiger partial charge in [-0.2, -0.15) is 0 Å². The van der Waals surface area contributed by atoms with E-state index in [4.69, 9.17) is 27.9 Å². The van der Waals surface area contributed by atoms with Crippen molar-refractivity contribution in [1.82, 2.24) is 4.90 Å². The quantitative estimate of drug-likeness (QED) is 0.742. The second-order valence-corrected chi connectivity index (χ2v) is 6.52. The number of rotatable bonds is 4. The first-order valence-corrected chi connectivity index (χ1v) is 8.55. The predicted octanol–water partition coefficient (Wildman–Crippen LogP) is 3.52. The number of nitrogens with zero attached hydrogens (tertiary/aromatic N) is 2. The van der Waals surface area contributed by atoms with Crippen molar-refractivity contribution in [3.05, 3.63) is 57.8 Å². The van der Waals surface area contributed by atoms with Crippen molar-refractivity contribution in [3.8, 4) is 5.75 Å². The van der Waals surface area contributed by atoms with Crippen molar-refractivity contribution in [2.45, 2.75) is 6.54 Å². The third-order valence-corrected chi connectivity index (χ3v) is 4.82. The lowest BCUT2D eigenvalue weighted by Crippen LogP contribution is -2.54. The molecule has 1 aliphatic rings. The van der Waals surface area contributed by atoms with Gasteiger partial charge < -0.3 is 14.5 Å². The van der Waals surface area contributed by atoms with Crippen LogP contribution in [0, 0.1) is 5.82 Å². The number of benzene rings is 2.